The van der Waals surface area contributed by atoms with Gasteiger partial charge in [-0.2, -0.15) is 0 Å². The fraction of sp³-hybridized carbons (Fsp3) is 0.462. The number of benzene rings is 1. The van der Waals surface area contributed by atoms with Crippen molar-refractivity contribution in [3.63, 3.8) is 0 Å². The van der Waals surface area contributed by atoms with Gasteiger partial charge in [0.15, 0.2) is 5.38 Å². The molecule has 17 heavy (non-hydrogen) atoms. The van der Waals surface area contributed by atoms with Gasteiger partial charge in [-0.15, -0.1) is 11.6 Å². The van der Waals surface area contributed by atoms with Crippen LogP contribution in [-0.2, 0) is 16.0 Å². The summed E-state index contributed by atoms with van der Waals surface area (Å²) in [6, 6.07) is 8.14. The summed E-state index contributed by atoms with van der Waals surface area (Å²) < 4.78 is 5.62. The molecule has 1 N–H and O–H groups in total. The Morgan fingerprint density at radius 2 is 2.29 bits per heavy atom. The Labute approximate surface area is 105 Å². The van der Waals surface area contributed by atoms with E-state index >= 15 is 0 Å². The molecular weight excluding hydrogens is 240 g/mol. The van der Waals surface area contributed by atoms with Crippen LogP contribution in [0.1, 0.15) is 30.1 Å². The van der Waals surface area contributed by atoms with Gasteiger partial charge in [-0.1, -0.05) is 24.3 Å². The zero-order valence-corrected chi connectivity index (χ0v) is 10.2. The summed E-state index contributed by atoms with van der Waals surface area (Å²) in [6.45, 7) is 0.0515. The number of carbonyl (C=O) groups is 1. The van der Waals surface area contributed by atoms with Crippen molar-refractivity contribution in [3.8, 4) is 0 Å². The van der Waals surface area contributed by atoms with Crippen LogP contribution in [0.5, 0.6) is 0 Å². The van der Waals surface area contributed by atoms with E-state index in [0.29, 0.717) is 0 Å². The second-order valence-corrected chi connectivity index (χ2v) is 4.75. The molecule has 2 atom stereocenters. The van der Waals surface area contributed by atoms with Crippen molar-refractivity contribution in [3.05, 3.63) is 35.4 Å². The van der Waals surface area contributed by atoms with E-state index in [1.807, 2.05) is 18.2 Å². The SMILES string of the molecule is O=C(O)C(Cl)COC1CCCc2ccccc21. The van der Waals surface area contributed by atoms with E-state index < -0.39 is 11.3 Å². The summed E-state index contributed by atoms with van der Waals surface area (Å²) in [5.74, 6) is -1.03. The van der Waals surface area contributed by atoms with Crippen molar-refractivity contribution in [1.29, 1.82) is 0 Å². The average Bonchev–Trinajstić information content (AvgIpc) is 2.35. The summed E-state index contributed by atoms with van der Waals surface area (Å²) in [5, 5.41) is 7.73. The molecule has 2 unspecified atom stereocenters. The summed E-state index contributed by atoms with van der Waals surface area (Å²) in [7, 11) is 0. The molecule has 0 saturated heterocycles. The first-order valence-electron chi connectivity index (χ1n) is 5.75. The fourth-order valence-electron chi connectivity index (χ4n) is 2.15. The maximum absolute atomic E-state index is 10.6. The van der Waals surface area contributed by atoms with Gasteiger partial charge in [0.2, 0.25) is 0 Å². The van der Waals surface area contributed by atoms with Crippen LogP contribution in [0, 0.1) is 0 Å². The number of aliphatic carboxylic acids is 1. The first-order valence-corrected chi connectivity index (χ1v) is 6.18. The van der Waals surface area contributed by atoms with Gasteiger partial charge in [-0.3, -0.25) is 4.79 Å². The largest absolute Gasteiger partial charge is 0.480 e. The highest BCUT2D eigenvalue weighted by molar-refractivity contribution is 6.29. The van der Waals surface area contributed by atoms with E-state index in [4.69, 9.17) is 21.4 Å². The Kier molecular flexibility index (Phi) is 4.02. The normalized spacial score (nSPS) is 20.6. The van der Waals surface area contributed by atoms with Gasteiger partial charge in [0.25, 0.3) is 0 Å². The second-order valence-electron chi connectivity index (χ2n) is 4.22. The number of ether oxygens (including phenoxy) is 1. The third-order valence-electron chi connectivity index (χ3n) is 3.03. The zero-order valence-electron chi connectivity index (χ0n) is 9.43. The van der Waals surface area contributed by atoms with E-state index in [9.17, 15) is 4.79 Å². The summed E-state index contributed by atoms with van der Waals surface area (Å²) in [4.78, 5) is 10.6. The molecule has 3 nitrogen and oxygen atoms in total. The molecule has 0 radical (unpaired) electrons. The number of hydrogen-bond acceptors (Lipinski definition) is 2. The number of hydrogen-bond donors (Lipinski definition) is 1. The zero-order chi connectivity index (χ0) is 12.3. The van der Waals surface area contributed by atoms with Crippen LogP contribution in [0.15, 0.2) is 24.3 Å². The Morgan fingerprint density at radius 1 is 1.53 bits per heavy atom. The molecule has 0 bridgehead atoms. The molecule has 0 fully saturated rings. The van der Waals surface area contributed by atoms with Crippen LogP contribution in [0.25, 0.3) is 0 Å². The molecule has 1 aliphatic carbocycles. The first-order chi connectivity index (χ1) is 8.18. The monoisotopic (exact) mass is 254 g/mol. The van der Waals surface area contributed by atoms with Crippen LogP contribution in [0.2, 0.25) is 0 Å². The molecule has 0 heterocycles. The van der Waals surface area contributed by atoms with Crippen molar-refractivity contribution in [1.82, 2.24) is 0 Å². The molecule has 1 aromatic rings. The lowest BCUT2D eigenvalue weighted by Crippen LogP contribution is -2.23. The van der Waals surface area contributed by atoms with Gasteiger partial charge >= 0.3 is 5.97 Å². The molecular formula is C13H15ClO3. The number of carboxylic acid groups (broad SMARTS) is 1. The molecule has 1 aromatic carbocycles. The van der Waals surface area contributed by atoms with Crippen molar-refractivity contribution >= 4 is 17.6 Å². The molecule has 4 heteroatoms. The lowest BCUT2D eigenvalue weighted by Gasteiger charge is -2.26. The van der Waals surface area contributed by atoms with Crippen molar-refractivity contribution in [2.24, 2.45) is 0 Å². The number of carboxylic acids is 1. The van der Waals surface area contributed by atoms with Gasteiger partial charge < -0.3 is 9.84 Å². The molecule has 0 aromatic heterocycles. The molecule has 0 aliphatic heterocycles. The lowest BCUT2D eigenvalue weighted by atomic mass is 9.89. The summed E-state index contributed by atoms with van der Waals surface area (Å²) >= 11 is 5.64. The fourth-order valence-corrected chi connectivity index (χ4v) is 2.23. The number of rotatable bonds is 4. The van der Waals surface area contributed by atoms with Gasteiger partial charge in [0.05, 0.1) is 12.7 Å². The van der Waals surface area contributed by atoms with Crippen LogP contribution < -0.4 is 0 Å². The number of alkyl halides is 1. The minimum atomic E-state index is -1.03. The highest BCUT2D eigenvalue weighted by Gasteiger charge is 2.22. The first kappa shape index (κ1) is 12.4. The van der Waals surface area contributed by atoms with Gasteiger partial charge in [0, 0.05) is 0 Å². The maximum atomic E-state index is 10.6. The van der Waals surface area contributed by atoms with Gasteiger partial charge in [-0.05, 0) is 30.4 Å². The Morgan fingerprint density at radius 3 is 3.06 bits per heavy atom. The van der Waals surface area contributed by atoms with Gasteiger partial charge in [-0.25, -0.2) is 0 Å². The quantitative estimate of drug-likeness (QED) is 0.841. The van der Waals surface area contributed by atoms with Crippen molar-refractivity contribution in [2.75, 3.05) is 6.61 Å². The number of aryl methyl sites for hydroxylation is 1. The topological polar surface area (TPSA) is 46.5 Å². The minimum absolute atomic E-state index is 0.0134. The molecule has 92 valence electrons. The summed E-state index contributed by atoms with van der Waals surface area (Å²) in [6.07, 6.45) is 3.06. The van der Waals surface area contributed by atoms with Crippen LogP contribution in [0.3, 0.4) is 0 Å². The lowest BCUT2D eigenvalue weighted by molar-refractivity contribution is -0.138. The molecule has 2 rings (SSSR count). The summed E-state index contributed by atoms with van der Waals surface area (Å²) in [5.41, 5.74) is 2.47. The van der Waals surface area contributed by atoms with E-state index in [1.54, 1.807) is 0 Å². The van der Waals surface area contributed by atoms with Crippen LogP contribution in [-0.4, -0.2) is 23.1 Å². The second kappa shape index (κ2) is 5.52. The van der Waals surface area contributed by atoms with Crippen molar-refractivity contribution < 1.29 is 14.6 Å². The maximum Gasteiger partial charge on any atom is 0.324 e. The number of halogens is 1. The third kappa shape index (κ3) is 2.99. The Hall–Kier alpha value is -1.06. The van der Waals surface area contributed by atoms with Gasteiger partial charge in [0.1, 0.15) is 0 Å². The van der Waals surface area contributed by atoms with E-state index in [2.05, 4.69) is 6.07 Å². The molecule has 0 spiro atoms. The van der Waals surface area contributed by atoms with Crippen molar-refractivity contribution in [2.45, 2.75) is 30.7 Å². The Bertz CT molecular complexity index is 405. The average molecular weight is 255 g/mol. The number of fused-ring (bicyclic) bond motifs is 1. The standard InChI is InChI=1S/C13H15ClO3/c14-11(13(15)16)8-17-12-7-3-5-9-4-1-2-6-10(9)12/h1-2,4,6,11-12H,3,5,7-8H2,(H,15,16). The third-order valence-corrected chi connectivity index (χ3v) is 3.34. The smallest absolute Gasteiger partial charge is 0.324 e. The molecule has 1 aliphatic rings. The van der Waals surface area contributed by atoms with Crippen LogP contribution >= 0.6 is 11.6 Å². The Balaban J connectivity index is 2.01. The van der Waals surface area contributed by atoms with E-state index in [-0.39, 0.29) is 12.7 Å². The molecule has 0 saturated carbocycles. The molecule has 0 amide bonds. The predicted molar refractivity (Wildman–Crippen MR) is 65.3 cm³/mol. The van der Waals surface area contributed by atoms with E-state index in [0.717, 1.165) is 19.3 Å². The van der Waals surface area contributed by atoms with Crippen LogP contribution in [0.4, 0.5) is 0 Å². The predicted octanol–water partition coefficient (Wildman–Crippen LogP) is 2.77. The highest BCUT2D eigenvalue weighted by atomic mass is 35.5. The highest BCUT2D eigenvalue weighted by Crippen LogP contribution is 2.32. The van der Waals surface area contributed by atoms with E-state index in [1.165, 1.54) is 11.1 Å². The minimum Gasteiger partial charge on any atom is -0.480 e.